The maximum Gasteiger partial charge on any atom is 0.338 e. The number of likely N-dealkylation sites (tertiary alicyclic amines) is 1. The highest BCUT2D eigenvalue weighted by Gasteiger charge is 2.81. The van der Waals surface area contributed by atoms with Gasteiger partial charge in [0.1, 0.15) is 41.7 Å². The quantitative estimate of drug-likeness (QED) is 0.0414. The first-order valence-corrected chi connectivity index (χ1v) is 39.9. The van der Waals surface area contributed by atoms with Crippen molar-refractivity contribution in [3.8, 4) is 0 Å². The lowest BCUT2D eigenvalue weighted by Crippen LogP contribution is -2.82. The Morgan fingerprint density at radius 1 is 0.611 bits per heavy atom. The zero-order valence-corrected chi connectivity index (χ0v) is 70.3. The standard InChI is InChI=1S/C42H59NO12.C33H42O10.C12H23NO.CH4/c1-12-19-39(9,43-11)38(8,13-2)36(49)53-27-21-42(50)34(54-35(48)26-17-15-14-16-18-26)32-40(10,28(46)20-29-41(32,22-51-29)55-25(5)45)33(47)31(52-24(4)44)30(23(27)3)37(42,6)7;1-17-14-23-32(16-40-23,43-20(4)35)26-28(42-29(37)21-12-10-9-11-13-21)33(38)15-22(39-8)18(2)24(30(33,5)6)25(41-19(3)34)27(36)31(17,26)7;1-6-8-9-12(4)11(3,7-2)10(14)13(12)5;/h14-18,27-29,31-32,34,43,46,50H,12-13,19-22H2,1-11H3;9-13,17,22-23,25-26,28,38H,14-16H2,1-8H3;6-9H2,1-5H3;1H4/t27?,28-,29+,31+,32?,34-,38?,39?,40+,41-,42+;17-,22-,23+,25+,26?,28-,31+,32-,33+;;/m00../s1. The molecule has 7 unspecified atom stereocenters. The van der Waals surface area contributed by atoms with E-state index in [1.54, 1.807) is 97.1 Å². The van der Waals surface area contributed by atoms with Crippen LogP contribution < -0.4 is 5.32 Å². The Balaban J connectivity index is 0.000000244. The molecule has 113 heavy (non-hydrogen) atoms. The smallest absolute Gasteiger partial charge is 0.338 e. The number of ketones is 2. The maximum atomic E-state index is 15.4. The summed E-state index contributed by atoms with van der Waals surface area (Å²) < 4.78 is 60.9. The van der Waals surface area contributed by atoms with Gasteiger partial charge in [-0.3, -0.25) is 38.4 Å². The predicted octanol–water partition coefficient (Wildman–Crippen LogP) is 11.4. The highest BCUT2D eigenvalue weighted by molar-refractivity contribution is 5.97. The average Bonchev–Trinajstić information content (AvgIpc) is 0.678. The van der Waals surface area contributed by atoms with Crippen molar-refractivity contribution in [2.45, 2.75) is 312 Å². The summed E-state index contributed by atoms with van der Waals surface area (Å²) in [5.41, 5.74) is -13.1. The third-order valence-corrected chi connectivity index (χ3v) is 29.5. The largest absolute Gasteiger partial charge is 0.457 e. The molecule has 2 aromatic carbocycles. The summed E-state index contributed by atoms with van der Waals surface area (Å²) >= 11 is 0. The van der Waals surface area contributed by atoms with E-state index in [4.69, 9.17) is 47.4 Å². The number of carbonyl (C=O) groups is 10. The van der Waals surface area contributed by atoms with E-state index in [9.17, 15) is 53.7 Å². The van der Waals surface area contributed by atoms with Crippen molar-refractivity contribution < 1.29 is 111 Å². The molecule has 22 atom stereocenters. The van der Waals surface area contributed by atoms with Gasteiger partial charge in [0, 0.05) is 82.9 Å². The Labute approximate surface area is 667 Å². The van der Waals surface area contributed by atoms with Crippen LogP contribution in [0, 0.1) is 50.2 Å². The maximum absolute atomic E-state index is 15.4. The number of esters is 7. The number of rotatable bonds is 20. The van der Waals surface area contributed by atoms with Gasteiger partial charge >= 0.3 is 41.8 Å². The number of methoxy groups -OCH3 is 1. The van der Waals surface area contributed by atoms with Crippen molar-refractivity contribution in [3.63, 3.8) is 0 Å². The molecule has 2 aromatic rings. The van der Waals surface area contributed by atoms with Crippen LogP contribution >= 0.6 is 0 Å². The first kappa shape index (κ1) is 91.3. The molecule has 3 saturated heterocycles. The Bertz CT molecular complexity index is 4040. The van der Waals surface area contributed by atoms with Gasteiger partial charge in [0.2, 0.25) is 5.91 Å². The lowest BCUT2D eigenvalue weighted by molar-refractivity contribution is -0.346. The minimum atomic E-state index is -2.22. The van der Waals surface area contributed by atoms with Gasteiger partial charge < -0.3 is 72.9 Å². The van der Waals surface area contributed by atoms with Crippen molar-refractivity contribution >= 4 is 59.3 Å². The van der Waals surface area contributed by atoms with E-state index < -0.39 is 181 Å². The summed E-state index contributed by atoms with van der Waals surface area (Å²) in [5, 5.41) is 42.2. The van der Waals surface area contributed by atoms with Crippen LogP contribution in [0.25, 0.3) is 0 Å². The molecule has 1 amide bonds. The van der Waals surface area contributed by atoms with Gasteiger partial charge in [-0.2, -0.15) is 0 Å². The van der Waals surface area contributed by atoms with Gasteiger partial charge in [-0.05, 0) is 140 Å². The van der Waals surface area contributed by atoms with Gasteiger partial charge in [0.25, 0.3) is 0 Å². The zero-order chi connectivity index (χ0) is 83.8. The zero-order valence-electron chi connectivity index (χ0n) is 70.3. The fraction of sp³-hybridized carbons (Fsp3) is 0.705. The molecular formula is C88H128N2O23. The number of Topliss-reactive ketones (excluding diaryl/α,β-unsaturated/α-hetero) is 2. The number of carbonyl (C=O) groups excluding carboxylic acids is 10. The number of unbranched alkanes of at least 4 members (excludes halogenated alkanes) is 1. The van der Waals surface area contributed by atoms with E-state index in [0.717, 1.165) is 26.2 Å². The second-order valence-electron chi connectivity index (χ2n) is 35.5. The number of ether oxygens (including phenoxy) is 10. The van der Waals surface area contributed by atoms with Gasteiger partial charge in [0.05, 0.1) is 70.2 Å². The third-order valence-electron chi connectivity index (χ3n) is 29.5. The number of fused-ring (bicyclic) bond motifs is 10. The topological polar surface area (TPSA) is 339 Å². The second-order valence-corrected chi connectivity index (χ2v) is 35.5. The number of benzene rings is 2. The summed E-state index contributed by atoms with van der Waals surface area (Å²) in [4.78, 5) is 138. The molecule has 4 N–H and O–H groups in total. The van der Waals surface area contributed by atoms with Crippen molar-refractivity contribution in [1.82, 2.24) is 10.2 Å². The lowest BCUT2D eigenvalue weighted by Gasteiger charge is -2.68. The van der Waals surface area contributed by atoms with Crippen LogP contribution in [0.2, 0.25) is 0 Å². The molecule has 628 valence electrons. The summed E-state index contributed by atoms with van der Waals surface area (Å²) in [5.74, 6) is -8.64. The van der Waals surface area contributed by atoms with Crippen molar-refractivity contribution in [1.29, 1.82) is 0 Å². The highest BCUT2D eigenvalue weighted by Crippen LogP contribution is 2.68. The summed E-state index contributed by atoms with van der Waals surface area (Å²) in [7, 11) is 5.23. The fourth-order valence-corrected chi connectivity index (χ4v) is 21.3. The Morgan fingerprint density at radius 2 is 1.04 bits per heavy atom. The SMILES string of the molecule is C.CCCC(C)(NC)C(C)(CC)C(=O)OC1C[C@@]2(O)[C@@H](OC(=O)c3ccccc3)C3[C@](C)(C(=O)[C@H](OC(C)=O)C(=C1C)C2(C)C)[C@@H](O)C[C@H]1OC[C@@]31OC(C)=O.CCCCC1(C)N(C)C(=O)C1(C)CC.CO[C@H]1C[C@@]2(O)[C@@H](OC(=O)c3ccccc3)C3[C@](C)(C(=O)[C@H](OC(C)=O)C(=C1C)C2(C)C)[C@@H](C)C[C@H]1OC[C@@]31OC(C)=O. The van der Waals surface area contributed by atoms with Crippen LogP contribution in [0.15, 0.2) is 83.0 Å². The molecule has 0 aromatic heterocycles. The molecule has 4 bridgehead atoms. The Kier molecular flexibility index (Phi) is 26.4. The molecule has 0 radical (unpaired) electrons. The van der Waals surface area contributed by atoms with E-state index in [1.807, 2.05) is 53.5 Å². The lowest BCUT2D eigenvalue weighted by atomic mass is 9.43. The van der Waals surface area contributed by atoms with Gasteiger partial charge in [0.15, 0.2) is 35.0 Å². The normalized spacial score (nSPS) is 37.2. The molecule has 11 rings (SSSR count). The number of aliphatic hydroxyl groups excluding tert-OH is 1. The molecule has 3 aliphatic heterocycles. The summed E-state index contributed by atoms with van der Waals surface area (Å²) in [6.07, 6.45) is -4.79. The van der Waals surface area contributed by atoms with E-state index in [-0.39, 0.29) is 67.6 Å². The first-order chi connectivity index (χ1) is 52.0. The number of hydrogen-bond donors (Lipinski definition) is 4. The Hall–Kier alpha value is -7.26. The summed E-state index contributed by atoms with van der Waals surface area (Å²) in [6, 6.07) is 16.5. The minimum Gasteiger partial charge on any atom is -0.457 e. The monoisotopic (exact) mass is 1580 g/mol. The molecule has 25 heteroatoms. The van der Waals surface area contributed by atoms with Crippen LogP contribution in [-0.2, 0) is 85.7 Å². The summed E-state index contributed by atoms with van der Waals surface area (Å²) in [6.45, 7) is 36.4. The number of hydrogen-bond acceptors (Lipinski definition) is 24. The molecule has 9 aliphatic rings. The number of amides is 1. The van der Waals surface area contributed by atoms with Crippen LogP contribution in [0.3, 0.4) is 0 Å². The van der Waals surface area contributed by atoms with Gasteiger partial charge in [-0.15, -0.1) is 0 Å². The van der Waals surface area contributed by atoms with Crippen LogP contribution in [0.1, 0.15) is 244 Å². The highest BCUT2D eigenvalue weighted by atomic mass is 16.6. The number of nitrogens with one attached hydrogen (secondary N) is 1. The molecule has 4 saturated carbocycles. The molecule has 25 nitrogen and oxygen atoms in total. The molecule has 3 heterocycles. The number of nitrogens with zero attached hydrogens (tertiary/aromatic N) is 1. The molecule has 0 spiro atoms. The molecule has 6 aliphatic carbocycles. The van der Waals surface area contributed by atoms with Gasteiger partial charge in [-0.25, -0.2) is 9.59 Å². The van der Waals surface area contributed by atoms with Crippen LogP contribution in [-0.4, -0.2) is 202 Å². The number of β-lactam (4-membered cyclic amide) rings is 1. The predicted molar refractivity (Wildman–Crippen MR) is 418 cm³/mol. The van der Waals surface area contributed by atoms with Crippen molar-refractivity contribution in [2.75, 3.05) is 34.4 Å². The third kappa shape index (κ3) is 14.2. The van der Waals surface area contributed by atoms with Crippen molar-refractivity contribution in [2.24, 2.45) is 50.2 Å². The van der Waals surface area contributed by atoms with Crippen molar-refractivity contribution in [3.05, 3.63) is 94.1 Å². The fourth-order valence-electron chi connectivity index (χ4n) is 21.3. The van der Waals surface area contributed by atoms with Gasteiger partial charge in [-0.1, -0.05) is 132 Å². The van der Waals surface area contributed by atoms with Crippen LogP contribution in [0.5, 0.6) is 0 Å². The number of aliphatic hydroxyl groups is 3. The van der Waals surface area contributed by atoms with E-state index in [0.29, 0.717) is 41.9 Å². The molecular weight excluding hydrogens is 1450 g/mol. The average molecular weight is 1580 g/mol. The molecule has 7 fully saturated rings. The first-order valence-electron chi connectivity index (χ1n) is 39.9. The Morgan fingerprint density at radius 3 is 1.42 bits per heavy atom. The van der Waals surface area contributed by atoms with E-state index in [1.165, 1.54) is 59.8 Å². The van der Waals surface area contributed by atoms with Crippen LogP contribution in [0.4, 0.5) is 0 Å². The van der Waals surface area contributed by atoms with E-state index >= 15 is 9.59 Å². The second kappa shape index (κ2) is 32.7. The van der Waals surface area contributed by atoms with E-state index in [2.05, 4.69) is 33.0 Å². The minimum absolute atomic E-state index is 0.